The molecule has 2 fully saturated rings. The maximum absolute atomic E-state index is 13.1. The number of amides is 2. The Bertz CT molecular complexity index is 1280. The van der Waals surface area contributed by atoms with Gasteiger partial charge in [-0.25, -0.2) is 19.3 Å². The number of fused-ring (bicyclic) bond motifs is 1. The molecule has 192 valence electrons. The van der Waals surface area contributed by atoms with Gasteiger partial charge in [0.25, 0.3) is 5.91 Å². The Morgan fingerprint density at radius 1 is 1.39 bits per heavy atom. The molecule has 4 heterocycles. The van der Waals surface area contributed by atoms with Crippen LogP contribution in [0.2, 0.25) is 0 Å². The highest BCUT2D eigenvalue weighted by atomic mass is 32.2. The Hall–Kier alpha value is -3.77. The number of nitrogen functional groups attached to an aromatic ring is 1. The van der Waals surface area contributed by atoms with E-state index in [1.165, 1.54) is 30.3 Å². The zero-order chi connectivity index (χ0) is 26.4. The number of nitrogens with zero attached hydrogens (tertiary/aromatic N) is 6. The summed E-state index contributed by atoms with van der Waals surface area (Å²) in [6.07, 6.45) is 1.39. The molecule has 36 heavy (non-hydrogen) atoms. The second-order valence-corrected chi connectivity index (χ2v) is 10.6. The highest BCUT2D eigenvalue weighted by Crippen LogP contribution is 2.49. The molecule has 4 rings (SSSR count). The van der Waals surface area contributed by atoms with Gasteiger partial charge in [0.05, 0.1) is 18.4 Å². The first kappa shape index (κ1) is 25.3. The van der Waals surface area contributed by atoms with Crippen LogP contribution in [-0.2, 0) is 35.4 Å². The predicted molar refractivity (Wildman–Crippen MR) is 124 cm³/mol. The van der Waals surface area contributed by atoms with E-state index in [-0.39, 0.29) is 23.9 Å². The Morgan fingerprint density at radius 3 is 2.67 bits per heavy atom. The van der Waals surface area contributed by atoms with Gasteiger partial charge in [-0.1, -0.05) is 22.1 Å². The summed E-state index contributed by atoms with van der Waals surface area (Å²) < 4.78 is 1.14. The first-order valence-corrected chi connectivity index (χ1v) is 12.0. The second-order valence-electron chi connectivity index (χ2n) is 8.29. The van der Waals surface area contributed by atoms with Gasteiger partial charge in [-0.15, -0.1) is 16.4 Å². The second kappa shape index (κ2) is 9.03. The number of aliphatic carboxylic acids is 2. The minimum absolute atomic E-state index is 0.00991. The third-order valence-corrected chi connectivity index (χ3v) is 7.77. The molecular formula is C18H21N9O7S2. The van der Waals surface area contributed by atoms with Gasteiger partial charge in [0.15, 0.2) is 10.8 Å². The molecule has 2 unspecified atom stereocenters. The molecule has 2 saturated heterocycles. The van der Waals surface area contributed by atoms with E-state index in [0.29, 0.717) is 5.69 Å². The minimum Gasteiger partial charge on any atom is -0.479 e. The molecule has 18 heteroatoms. The molecular weight excluding hydrogens is 518 g/mol. The number of aromatic nitrogens is 4. The fraction of sp³-hybridized carbons (Fsp3) is 0.444. The van der Waals surface area contributed by atoms with E-state index in [9.17, 15) is 29.4 Å². The van der Waals surface area contributed by atoms with Crippen LogP contribution in [-0.4, -0.2) is 88.1 Å². The molecule has 0 aromatic carbocycles. The van der Waals surface area contributed by atoms with Gasteiger partial charge in [-0.05, 0) is 13.8 Å². The van der Waals surface area contributed by atoms with Gasteiger partial charge < -0.3 is 36.7 Å². The quantitative estimate of drug-likeness (QED) is 0.134. The summed E-state index contributed by atoms with van der Waals surface area (Å²) in [5, 5.41) is 33.9. The van der Waals surface area contributed by atoms with Crippen LogP contribution in [0.5, 0.6) is 0 Å². The number of carbonyl (C=O) groups excluding carboxylic acids is 2. The maximum Gasteiger partial charge on any atom is 0.350 e. The van der Waals surface area contributed by atoms with Crippen LogP contribution < -0.4 is 16.8 Å². The molecule has 2 amide bonds. The van der Waals surface area contributed by atoms with Crippen molar-refractivity contribution in [2.75, 3.05) is 12.3 Å². The molecule has 7 N–H and O–H groups in total. The Morgan fingerprint density at radius 2 is 2.11 bits per heavy atom. The molecule has 0 bridgehead atoms. The van der Waals surface area contributed by atoms with Crippen molar-refractivity contribution in [3.05, 3.63) is 23.0 Å². The number of β-lactam (4-membered cyclic amide) rings is 1. The first-order chi connectivity index (χ1) is 16.9. The summed E-state index contributed by atoms with van der Waals surface area (Å²) in [6, 6.07) is -1.10. The highest BCUT2D eigenvalue weighted by Gasteiger charge is 2.64. The monoisotopic (exact) mass is 539 g/mol. The van der Waals surface area contributed by atoms with E-state index in [1.807, 2.05) is 0 Å². The molecule has 16 nitrogen and oxygen atoms in total. The normalized spacial score (nSPS) is 23.7. The van der Waals surface area contributed by atoms with Crippen LogP contribution >= 0.6 is 23.1 Å². The number of nitrogens with one attached hydrogen (secondary N) is 1. The summed E-state index contributed by atoms with van der Waals surface area (Å²) >= 11 is 1.92. The lowest BCUT2D eigenvalue weighted by Gasteiger charge is -2.41. The number of thioether (sulfide) groups is 1. The van der Waals surface area contributed by atoms with Crippen LogP contribution in [0.25, 0.3) is 0 Å². The van der Waals surface area contributed by atoms with Crippen LogP contribution in [0.4, 0.5) is 5.13 Å². The predicted octanol–water partition coefficient (Wildman–Crippen LogP) is -1.80. The number of oxime groups is 1. The molecule has 0 aliphatic carbocycles. The lowest BCUT2D eigenvalue weighted by atomic mass is 10.1. The molecule has 2 aromatic heterocycles. The van der Waals surface area contributed by atoms with E-state index >= 15 is 0 Å². The van der Waals surface area contributed by atoms with E-state index in [0.717, 1.165) is 27.8 Å². The molecule has 0 radical (unpaired) electrons. The average Bonchev–Trinajstić information content (AvgIpc) is 3.55. The number of carboxylic acids is 2. The summed E-state index contributed by atoms with van der Waals surface area (Å²) in [4.78, 5) is 58.2. The summed E-state index contributed by atoms with van der Waals surface area (Å²) in [6.45, 7) is 2.31. The number of rotatable bonds is 9. The number of anilines is 1. The molecule has 0 saturated carbocycles. The zero-order valence-corrected chi connectivity index (χ0v) is 20.4. The van der Waals surface area contributed by atoms with Crippen molar-refractivity contribution in [3.63, 3.8) is 0 Å². The van der Waals surface area contributed by atoms with Gasteiger partial charge >= 0.3 is 11.9 Å². The van der Waals surface area contributed by atoms with Crippen molar-refractivity contribution in [1.29, 1.82) is 0 Å². The molecule has 2 aliphatic rings. The maximum atomic E-state index is 13.1. The minimum atomic E-state index is -1.77. The number of thiazole rings is 1. The van der Waals surface area contributed by atoms with Gasteiger partial charge in [-0.2, -0.15) is 0 Å². The standard InChI is InChI=1S/C18H21N9O7S2/c1-17(2,14(30)31)34-24-9(8-5-35-16(20)21-8)11(28)22-10-12(29)26-6-18(15(32)33,36-13(10)26)27-4-7(3-19)23-25-27/h4-5,10,13H,3,6,19H2,1-2H3,(H2,20,21)(H,22,28)(H,30,31)(H,32,33)/b24-9-/t10?,13-,18?/m1/s1. The SMILES string of the molecule is CC(C)(O/N=C(\C(=O)NC1C(=O)N2CC(C(=O)O)(n3cc(CN)nn3)S[C@H]12)c1csc(N)n1)C(=O)O. The van der Waals surface area contributed by atoms with Crippen LogP contribution in [0.1, 0.15) is 25.2 Å². The number of hydrogen-bond donors (Lipinski definition) is 5. The Kier molecular flexibility index (Phi) is 6.35. The van der Waals surface area contributed by atoms with Crippen molar-refractivity contribution in [3.8, 4) is 0 Å². The van der Waals surface area contributed by atoms with E-state index in [2.05, 4.69) is 25.8 Å². The van der Waals surface area contributed by atoms with Crippen LogP contribution in [0.3, 0.4) is 0 Å². The summed E-state index contributed by atoms with van der Waals surface area (Å²) in [7, 11) is 0. The third-order valence-electron chi connectivity index (χ3n) is 5.44. The number of carbonyl (C=O) groups is 4. The number of carboxylic acid groups (broad SMARTS) is 2. The number of hydrogen-bond acceptors (Lipinski definition) is 13. The Labute approximate surface area is 210 Å². The molecule has 0 spiro atoms. The highest BCUT2D eigenvalue weighted by molar-refractivity contribution is 8.01. The largest absolute Gasteiger partial charge is 0.479 e. The van der Waals surface area contributed by atoms with Crippen molar-refractivity contribution in [2.45, 2.75) is 42.3 Å². The smallest absolute Gasteiger partial charge is 0.350 e. The van der Waals surface area contributed by atoms with Crippen LogP contribution in [0, 0.1) is 0 Å². The summed E-state index contributed by atoms with van der Waals surface area (Å²) in [5.41, 5.74) is 9.40. The van der Waals surface area contributed by atoms with Crippen molar-refractivity contribution < 1.29 is 34.2 Å². The van der Waals surface area contributed by atoms with Gasteiger partial charge in [-0.3, -0.25) is 9.59 Å². The van der Waals surface area contributed by atoms with Crippen LogP contribution in [0.15, 0.2) is 16.7 Å². The first-order valence-electron chi connectivity index (χ1n) is 10.2. The topological polar surface area (TPSA) is 241 Å². The number of nitrogens with two attached hydrogens (primary N) is 2. The van der Waals surface area contributed by atoms with Crippen molar-refractivity contribution >= 4 is 57.7 Å². The fourth-order valence-electron chi connectivity index (χ4n) is 3.34. The molecule has 3 atom stereocenters. The lowest BCUT2D eigenvalue weighted by Crippen LogP contribution is -2.68. The van der Waals surface area contributed by atoms with Crippen molar-refractivity contribution in [1.82, 2.24) is 30.2 Å². The third kappa shape index (κ3) is 4.22. The zero-order valence-electron chi connectivity index (χ0n) is 18.8. The van der Waals surface area contributed by atoms with Crippen molar-refractivity contribution in [2.24, 2.45) is 10.9 Å². The fourth-order valence-corrected chi connectivity index (χ4v) is 5.43. The van der Waals surface area contributed by atoms with E-state index in [1.54, 1.807) is 0 Å². The van der Waals surface area contributed by atoms with E-state index in [4.69, 9.17) is 16.3 Å². The lowest BCUT2D eigenvalue weighted by molar-refractivity contribution is -0.161. The summed E-state index contributed by atoms with van der Waals surface area (Å²) in [5.74, 6) is -3.99. The van der Waals surface area contributed by atoms with E-state index < -0.39 is 51.4 Å². The molecule has 2 aromatic rings. The Balaban J connectivity index is 1.57. The van der Waals surface area contributed by atoms with Gasteiger partial charge in [0.2, 0.25) is 16.4 Å². The van der Waals surface area contributed by atoms with Gasteiger partial charge in [0.1, 0.15) is 17.1 Å². The average molecular weight is 540 g/mol. The van der Waals surface area contributed by atoms with Gasteiger partial charge in [0, 0.05) is 11.9 Å². The molecule has 2 aliphatic heterocycles.